The van der Waals surface area contributed by atoms with Crippen molar-refractivity contribution in [2.45, 2.75) is 45.2 Å². The van der Waals surface area contributed by atoms with Crippen LogP contribution in [0.4, 0.5) is 0 Å². The van der Waals surface area contributed by atoms with Gasteiger partial charge in [-0.3, -0.25) is 4.79 Å². The van der Waals surface area contributed by atoms with Gasteiger partial charge in [-0.15, -0.1) is 0 Å². The molecular weight excluding hydrogens is 242 g/mol. The molecule has 5 nitrogen and oxygen atoms in total. The highest BCUT2D eigenvalue weighted by atomic mass is 16.5. The van der Waals surface area contributed by atoms with Crippen LogP contribution in [-0.2, 0) is 9.53 Å². The molecule has 0 aromatic carbocycles. The minimum atomic E-state index is 0.0561. The summed E-state index contributed by atoms with van der Waals surface area (Å²) in [7, 11) is 1.64. The van der Waals surface area contributed by atoms with Crippen molar-refractivity contribution in [2.24, 2.45) is 0 Å². The quantitative estimate of drug-likeness (QED) is 0.679. The van der Waals surface area contributed by atoms with Crippen LogP contribution in [0.25, 0.3) is 0 Å². The molecule has 0 radical (unpaired) electrons. The fourth-order valence-corrected chi connectivity index (χ4v) is 2.53. The second-order valence-corrected chi connectivity index (χ2v) is 5.42. The number of hydrogen-bond donors (Lipinski definition) is 2. The standard InChI is InChI=1S/C14H29N3O2/c1-4-7-17-8-5-13(6-9-17)15-10-14(18)16-12(2)11-19-3/h12-13,15H,4-11H2,1-3H3,(H,16,18). The average Bonchev–Trinajstić information content (AvgIpc) is 2.38. The van der Waals surface area contributed by atoms with Crippen LogP contribution in [0, 0.1) is 0 Å². The van der Waals surface area contributed by atoms with E-state index in [0.29, 0.717) is 19.2 Å². The Kier molecular flexibility index (Phi) is 8.02. The van der Waals surface area contributed by atoms with Gasteiger partial charge in [-0.1, -0.05) is 6.92 Å². The summed E-state index contributed by atoms with van der Waals surface area (Å²) in [6.45, 7) is 8.62. The maximum atomic E-state index is 11.7. The zero-order valence-electron chi connectivity index (χ0n) is 12.6. The number of carbonyl (C=O) groups excluding carboxylic acids is 1. The van der Waals surface area contributed by atoms with Gasteiger partial charge in [0.15, 0.2) is 0 Å². The number of rotatable bonds is 8. The van der Waals surface area contributed by atoms with Crippen molar-refractivity contribution in [1.29, 1.82) is 0 Å². The van der Waals surface area contributed by atoms with Gasteiger partial charge in [-0.25, -0.2) is 0 Å². The monoisotopic (exact) mass is 271 g/mol. The Morgan fingerprint density at radius 2 is 2.11 bits per heavy atom. The molecule has 2 N–H and O–H groups in total. The van der Waals surface area contributed by atoms with Gasteiger partial charge in [0.25, 0.3) is 0 Å². The largest absolute Gasteiger partial charge is 0.383 e. The van der Waals surface area contributed by atoms with Crippen LogP contribution in [0.5, 0.6) is 0 Å². The topological polar surface area (TPSA) is 53.6 Å². The van der Waals surface area contributed by atoms with E-state index < -0.39 is 0 Å². The van der Waals surface area contributed by atoms with Gasteiger partial charge >= 0.3 is 0 Å². The molecule has 1 aliphatic heterocycles. The summed E-state index contributed by atoms with van der Waals surface area (Å²) >= 11 is 0. The molecule has 1 rings (SSSR count). The zero-order chi connectivity index (χ0) is 14.1. The highest BCUT2D eigenvalue weighted by Crippen LogP contribution is 2.10. The smallest absolute Gasteiger partial charge is 0.234 e. The van der Waals surface area contributed by atoms with Gasteiger partial charge in [-0.2, -0.15) is 0 Å². The minimum Gasteiger partial charge on any atom is -0.383 e. The second-order valence-electron chi connectivity index (χ2n) is 5.42. The number of piperidine rings is 1. The number of nitrogens with one attached hydrogen (secondary N) is 2. The Hall–Kier alpha value is -0.650. The third kappa shape index (κ3) is 6.89. The van der Waals surface area contributed by atoms with Gasteiger partial charge < -0.3 is 20.3 Å². The van der Waals surface area contributed by atoms with Crippen LogP contribution < -0.4 is 10.6 Å². The third-order valence-electron chi connectivity index (χ3n) is 3.50. The molecule has 19 heavy (non-hydrogen) atoms. The molecule has 1 fully saturated rings. The molecule has 1 heterocycles. The Bertz CT molecular complexity index is 253. The highest BCUT2D eigenvalue weighted by molar-refractivity contribution is 5.78. The molecule has 0 aliphatic carbocycles. The molecule has 0 saturated carbocycles. The Morgan fingerprint density at radius 3 is 2.68 bits per heavy atom. The second kappa shape index (κ2) is 9.28. The fourth-order valence-electron chi connectivity index (χ4n) is 2.53. The van der Waals surface area contributed by atoms with Crippen LogP contribution >= 0.6 is 0 Å². The van der Waals surface area contributed by atoms with Crippen LogP contribution in [-0.4, -0.2) is 62.8 Å². The van der Waals surface area contributed by atoms with Gasteiger partial charge in [-0.05, 0) is 45.8 Å². The molecule has 0 spiro atoms. The molecule has 1 amide bonds. The Labute approximate surface area is 117 Å². The first-order valence-electron chi connectivity index (χ1n) is 7.39. The summed E-state index contributed by atoms with van der Waals surface area (Å²) in [5.74, 6) is 0.0561. The predicted octanol–water partition coefficient (Wildman–Crippen LogP) is 0.602. The number of methoxy groups -OCH3 is 1. The average molecular weight is 271 g/mol. The van der Waals surface area contributed by atoms with Gasteiger partial charge in [0, 0.05) is 19.2 Å². The third-order valence-corrected chi connectivity index (χ3v) is 3.50. The number of ether oxygens (including phenoxy) is 1. The first kappa shape index (κ1) is 16.4. The predicted molar refractivity (Wildman–Crippen MR) is 77.2 cm³/mol. The van der Waals surface area contributed by atoms with Crippen molar-refractivity contribution in [3.8, 4) is 0 Å². The van der Waals surface area contributed by atoms with E-state index in [1.165, 1.54) is 13.0 Å². The van der Waals surface area contributed by atoms with Crippen LogP contribution in [0.1, 0.15) is 33.1 Å². The normalized spacial score (nSPS) is 19.3. The van der Waals surface area contributed by atoms with Gasteiger partial charge in [0.05, 0.1) is 13.2 Å². The molecule has 112 valence electrons. The molecule has 1 atom stereocenters. The molecule has 1 unspecified atom stereocenters. The first-order valence-corrected chi connectivity index (χ1v) is 7.39. The van der Waals surface area contributed by atoms with E-state index in [1.807, 2.05) is 6.92 Å². The summed E-state index contributed by atoms with van der Waals surface area (Å²) in [5, 5.41) is 6.26. The summed E-state index contributed by atoms with van der Waals surface area (Å²) in [5.41, 5.74) is 0. The van der Waals surface area contributed by atoms with Gasteiger partial charge in [0.1, 0.15) is 0 Å². The lowest BCUT2D eigenvalue weighted by Gasteiger charge is -2.32. The molecule has 5 heteroatoms. The van der Waals surface area contributed by atoms with Crippen molar-refractivity contribution in [1.82, 2.24) is 15.5 Å². The lowest BCUT2D eigenvalue weighted by Crippen LogP contribution is -2.47. The molecular formula is C14H29N3O2. The lowest BCUT2D eigenvalue weighted by atomic mass is 10.0. The van der Waals surface area contributed by atoms with E-state index in [2.05, 4.69) is 22.5 Å². The first-order chi connectivity index (χ1) is 9.15. The zero-order valence-corrected chi connectivity index (χ0v) is 12.6. The molecule has 1 saturated heterocycles. The number of hydrogen-bond acceptors (Lipinski definition) is 4. The Morgan fingerprint density at radius 1 is 1.42 bits per heavy atom. The van der Waals surface area contributed by atoms with Crippen LogP contribution in [0.15, 0.2) is 0 Å². The van der Waals surface area contributed by atoms with Crippen molar-refractivity contribution < 1.29 is 9.53 Å². The minimum absolute atomic E-state index is 0.0561. The van der Waals surface area contributed by atoms with Crippen molar-refractivity contribution in [3.05, 3.63) is 0 Å². The van der Waals surface area contributed by atoms with E-state index in [-0.39, 0.29) is 11.9 Å². The van der Waals surface area contributed by atoms with Gasteiger partial charge in [0.2, 0.25) is 5.91 Å². The SMILES string of the molecule is CCCN1CCC(NCC(=O)NC(C)COC)CC1. The molecule has 0 aromatic rings. The van der Waals surface area contributed by atoms with Crippen LogP contribution in [0.3, 0.4) is 0 Å². The maximum Gasteiger partial charge on any atom is 0.234 e. The van der Waals surface area contributed by atoms with Crippen molar-refractivity contribution >= 4 is 5.91 Å². The number of amides is 1. The van der Waals surface area contributed by atoms with E-state index in [0.717, 1.165) is 25.9 Å². The number of carbonyl (C=O) groups is 1. The van der Waals surface area contributed by atoms with Crippen molar-refractivity contribution in [2.75, 3.05) is 39.9 Å². The lowest BCUT2D eigenvalue weighted by molar-refractivity contribution is -0.121. The highest BCUT2D eigenvalue weighted by Gasteiger charge is 2.18. The summed E-state index contributed by atoms with van der Waals surface area (Å²) in [4.78, 5) is 14.2. The number of likely N-dealkylation sites (tertiary alicyclic amines) is 1. The summed E-state index contributed by atoms with van der Waals surface area (Å²) in [6, 6.07) is 0.558. The molecule has 1 aliphatic rings. The van der Waals surface area contributed by atoms with E-state index in [4.69, 9.17) is 4.74 Å². The van der Waals surface area contributed by atoms with Crippen molar-refractivity contribution in [3.63, 3.8) is 0 Å². The molecule has 0 aromatic heterocycles. The summed E-state index contributed by atoms with van der Waals surface area (Å²) < 4.78 is 4.99. The van der Waals surface area contributed by atoms with Crippen LogP contribution in [0.2, 0.25) is 0 Å². The molecule has 0 bridgehead atoms. The fraction of sp³-hybridized carbons (Fsp3) is 0.929. The Balaban J connectivity index is 2.11. The van der Waals surface area contributed by atoms with E-state index >= 15 is 0 Å². The maximum absolute atomic E-state index is 11.7. The summed E-state index contributed by atoms with van der Waals surface area (Å²) in [6.07, 6.45) is 3.50. The van der Waals surface area contributed by atoms with E-state index in [1.54, 1.807) is 7.11 Å². The van der Waals surface area contributed by atoms with E-state index in [9.17, 15) is 4.79 Å². The number of nitrogens with zero attached hydrogens (tertiary/aromatic N) is 1.